The normalized spacial score (nSPS) is 30.0. The molecule has 3 atom stereocenters. The van der Waals surface area contributed by atoms with E-state index >= 15 is 0 Å². The Hall–Kier alpha value is -1.55. The molecule has 1 heterocycles. The van der Waals surface area contributed by atoms with Crippen LogP contribution >= 0.6 is 0 Å². The van der Waals surface area contributed by atoms with Crippen LogP contribution in [0.3, 0.4) is 0 Å². The highest BCUT2D eigenvalue weighted by atomic mass is 16.6. The second-order valence-corrected chi connectivity index (χ2v) is 7.96. The molecule has 4 heteroatoms. The molecule has 3 rings (SSSR count). The molecule has 0 aromatic heterocycles. The maximum atomic E-state index is 12.5. The number of hydrogen-bond acceptors (Lipinski definition) is 3. The number of carbonyl (C=O) groups excluding carboxylic acids is 1. The van der Waals surface area contributed by atoms with Crippen LogP contribution in [0.25, 0.3) is 0 Å². The Balaban J connectivity index is 1.84. The highest BCUT2D eigenvalue weighted by molar-refractivity contribution is 5.69. The number of rotatable bonds is 3. The standard InChI is InChI=1S/C19H28N2O2/c1-18(2,3)23-17(22)21-19(11-14-7-5-4-6-8-14)15-9-10-16(19)13-20-12-15/h4-8,15-16,20H,9-13H2,1-3H3,(H,21,22)/t15-,16+,19?. The minimum absolute atomic E-state index is 0.186. The van der Waals surface area contributed by atoms with Gasteiger partial charge in [0, 0.05) is 13.1 Å². The van der Waals surface area contributed by atoms with Gasteiger partial charge in [-0.2, -0.15) is 0 Å². The number of nitrogens with one attached hydrogen (secondary N) is 2. The van der Waals surface area contributed by atoms with Crippen LogP contribution in [0.4, 0.5) is 4.79 Å². The molecule has 2 aliphatic rings. The summed E-state index contributed by atoms with van der Waals surface area (Å²) in [7, 11) is 0. The van der Waals surface area contributed by atoms with E-state index in [4.69, 9.17) is 4.74 Å². The molecule has 0 radical (unpaired) electrons. The molecule has 1 saturated carbocycles. The van der Waals surface area contributed by atoms with Gasteiger partial charge in [-0.3, -0.25) is 0 Å². The van der Waals surface area contributed by atoms with Gasteiger partial charge in [-0.05, 0) is 57.4 Å². The van der Waals surface area contributed by atoms with Crippen LogP contribution in [0.5, 0.6) is 0 Å². The highest BCUT2D eigenvalue weighted by Crippen LogP contribution is 2.45. The summed E-state index contributed by atoms with van der Waals surface area (Å²) >= 11 is 0. The zero-order valence-electron chi connectivity index (χ0n) is 14.4. The Morgan fingerprint density at radius 2 is 1.83 bits per heavy atom. The van der Waals surface area contributed by atoms with Crippen LogP contribution in [0.1, 0.15) is 39.2 Å². The van der Waals surface area contributed by atoms with Crippen molar-refractivity contribution in [3.63, 3.8) is 0 Å². The summed E-state index contributed by atoms with van der Waals surface area (Å²) in [5.41, 5.74) is 0.626. The molecule has 0 spiro atoms. The molecule has 1 aromatic carbocycles. The van der Waals surface area contributed by atoms with Gasteiger partial charge in [0.25, 0.3) is 0 Å². The van der Waals surface area contributed by atoms with Crippen molar-refractivity contribution in [1.29, 1.82) is 0 Å². The summed E-state index contributed by atoms with van der Waals surface area (Å²) in [6.07, 6.45) is 2.93. The van der Waals surface area contributed by atoms with Crippen LogP contribution in [-0.4, -0.2) is 30.3 Å². The Kier molecular flexibility index (Phi) is 4.37. The molecule has 126 valence electrons. The lowest BCUT2D eigenvalue weighted by molar-refractivity contribution is 0.0346. The first-order chi connectivity index (χ1) is 10.9. The Morgan fingerprint density at radius 1 is 1.22 bits per heavy atom. The maximum Gasteiger partial charge on any atom is 0.408 e. The van der Waals surface area contributed by atoms with Crippen molar-refractivity contribution >= 4 is 6.09 Å². The fraction of sp³-hybridized carbons (Fsp3) is 0.632. The molecular formula is C19H28N2O2. The molecule has 4 nitrogen and oxygen atoms in total. The average Bonchev–Trinajstić information content (AvgIpc) is 2.64. The van der Waals surface area contributed by atoms with Crippen LogP contribution in [-0.2, 0) is 11.2 Å². The minimum atomic E-state index is -0.468. The third-order valence-electron chi connectivity index (χ3n) is 5.18. The van der Waals surface area contributed by atoms with E-state index in [0.717, 1.165) is 19.5 Å². The first-order valence-electron chi connectivity index (χ1n) is 8.65. The lowest BCUT2D eigenvalue weighted by Gasteiger charge is -2.45. The molecule has 1 unspecified atom stereocenters. The molecule has 23 heavy (non-hydrogen) atoms. The van der Waals surface area contributed by atoms with Gasteiger partial charge in [0.1, 0.15) is 5.60 Å². The number of benzene rings is 1. The maximum absolute atomic E-state index is 12.5. The number of hydrogen-bond donors (Lipinski definition) is 2. The van der Waals surface area contributed by atoms with E-state index in [1.807, 2.05) is 26.8 Å². The predicted octanol–water partition coefficient (Wildman–Crippen LogP) is 3.12. The van der Waals surface area contributed by atoms with Gasteiger partial charge >= 0.3 is 6.09 Å². The summed E-state index contributed by atoms with van der Waals surface area (Å²) in [6, 6.07) is 10.5. The fourth-order valence-electron chi connectivity index (χ4n) is 4.22. The van der Waals surface area contributed by atoms with Crippen LogP contribution in [0.2, 0.25) is 0 Å². The van der Waals surface area contributed by atoms with Gasteiger partial charge < -0.3 is 15.4 Å². The summed E-state index contributed by atoms with van der Waals surface area (Å²) in [5, 5.41) is 6.81. The topological polar surface area (TPSA) is 50.4 Å². The zero-order chi connectivity index (χ0) is 16.5. The Morgan fingerprint density at radius 3 is 2.39 bits per heavy atom. The van der Waals surface area contributed by atoms with Crippen molar-refractivity contribution in [2.45, 2.75) is 51.2 Å². The first kappa shape index (κ1) is 16.3. The van der Waals surface area contributed by atoms with Crippen molar-refractivity contribution in [2.24, 2.45) is 11.8 Å². The minimum Gasteiger partial charge on any atom is -0.444 e. The second kappa shape index (κ2) is 6.16. The largest absolute Gasteiger partial charge is 0.444 e. The average molecular weight is 316 g/mol. The number of carbonyl (C=O) groups is 1. The summed E-state index contributed by atoms with van der Waals surface area (Å²) in [6.45, 7) is 7.67. The zero-order valence-corrected chi connectivity index (χ0v) is 14.4. The van der Waals surface area contributed by atoms with Gasteiger partial charge in [0.2, 0.25) is 0 Å². The molecule has 1 aromatic rings. The van der Waals surface area contributed by atoms with Gasteiger partial charge in [0.05, 0.1) is 5.54 Å². The van der Waals surface area contributed by atoms with E-state index < -0.39 is 5.60 Å². The van der Waals surface area contributed by atoms with Gasteiger partial charge in [-0.1, -0.05) is 30.3 Å². The van der Waals surface area contributed by atoms with Crippen molar-refractivity contribution < 1.29 is 9.53 Å². The molecular weight excluding hydrogens is 288 g/mol. The fourth-order valence-corrected chi connectivity index (χ4v) is 4.22. The summed E-state index contributed by atoms with van der Waals surface area (Å²) in [4.78, 5) is 12.5. The second-order valence-electron chi connectivity index (χ2n) is 7.96. The third kappa shape index (κ3) is 3.52. The van der Waals surface area contributed by atoms with Crippen LogP contribution < -0.4 is 10.6 Å². The Labute approximate surface area is 139 Å². The van der Waals surface area contributed by atoms with E-state index in [0.29, 0.717) is 11.8 Å². The Bertz CT molecular complexity index is 534. The number of fused-ring (bicyclic) bond motifs is 2. The lowest BCUT2D eigenvalue weighted by Crippen LogP contribution is -2.64. The van der Waals surface area contributed by atoms with Crippen molar-refractivity contribution in [3.05, 3.63) is 35.9 Å². The smallest absolute Gasteiger partial charge is 0.408 e. The van der Waals surface area contributed by atoms with Crippen LogP contribution in [0, 0.1) is 11.8 Å². The summed E-state index contributed by atoms with van der Waals surface area (Å²) in [5.74, 6) is 0.933. The van der Waals surface area contributed by atoms with Crippen molar-refractivity contribution in [1.82, 2.24) is 10.6 Å². The van der Waals surface area contributed by atoms with Gasteiger partial charge in [-0.25, -0.2) is 4.79 Å². The van der Waals surface area contributed by atoms with Crippen LogP contribution in [0.15, 0.2) is 30.3 Å². The third-order valence-corrected chi connectivity index (χ3v) is 5.18. The molecule has 1 aliphatic carbocycles. The quantitative estimate of drug-likeness (QED) is 0.901. The number of amides is 1. The van der Waals surface area contributed by atoms with E-state index in [1.54, 1.807) is 0 Å². The number of alkyl carbamates (subject to hydrolysis) is 1. The number of ether oxygens (including phenoxy) is 1. The van der Waals surface area contributed by atoms with E-state index in [2.05, 4.69) is 34.9 Å². The molecule has 2 bridgehead atoms. The molecule has 1 amide bonds. The van der Waals surface area contributed by atoms with E-state index in [1.165, 1.54) is 18.4 Å². The van der Waals surface area contributed by atoms with E-state index in [-0.39, 0.29) is 11.6 Å². The van der Waals surface area contributed by atoms with Crippen molar-refractivity contribution in [2.75, 3.05) is 13.1 Å². The lowest BCUT2D eigenvalue weighted by atomic mass is 9.73. The molecule has 2 N–H and O–H groups in total. The SMILES string of the molecule is CC(C)(C)OC(=O)NC1(Cc2ccccc2)[C@@H]2CC[C@H]1CNC2. The van der Waals surface area contributed by atoms with Crippen molar-refractivity contribution in [3.8, 4) is 0 Å². The highest BCUT2D eigenvalue weighted by Gasteiger charge is 2.53. The van der Waals surface area contributed by atoms with E-state index in [9.17, 15) is 4.79 Å². The number of piperidine rings is 1. The molecule has 1 aliphatic heterocycles. The summed E-state index contributed by atoms with van der Waals surface area (Å²) < 4.78 is 5.56. The first-order valence-corrected chi connectivity index (χ1v) is 8.65. The predicted molar refractivity (Wildman–Crippen MR) is 91.3 cm³/mol. The van der Waals surface area contributed by atoms with Gasteiger partial charge in [0.15, 0.2) is 0 Å². The molecule has 1 saturated heterocycles. The van der Waals surface area contributed by atoms with Gasteiger partial charge in [-0.15, -0.1) is 0 Å². The monoisotopic (exact) mass is 316 g/mol. The molecule has 2 fully saturated rings.